The van der Waals surface area contributed by atoms with E-state index in [1.54, 1.807) is 31.2 Å². The largest absolute Gasteiger partial charge is 0.397 e. The molecule has 3 N–H and O–H groups in total. The third-order valence-corrected chi connectivity index (χ3v) is 3.33. The summed E-state index contributed by atoms with van der Waals surface area (Å²) >= 11 is 3.14. The van der Waals surface area contributed by atoms with Gasteiger partial charge in [0.15, 0.2) is 0 Å². The Morgan fingerprint density at radius 1 is 1.26 bits per heavy atom. The molecule has 0 aliphatic carbocycles. The molecular weight excluding hydrogens is 309 g/mol. The summed E-state index contributed by atoms with van der Waals surface area (Å²) in [5.41, 5.74) is 9.00. The Bertz CT molecular complexity index is 677. The van der Waals surface area contributed by atoms with Crippen molar-refractivity contribution in [2.45, 2.75) is 6.92 Å². The average Bonchev–Trinajstić information content (AvgIpc) is 2.38. The maximum absolute atomic E-state index is 13.4. The number of hydrogen-bond donors (Lipinski definition) is 2. The van der Waals surface area contributed by atoms with Gasteiger partial charge in [-0.1, -0.05) is 0 Å². The first kappa shape index (κ1) is 13.4. The first-order valence-electron chi connectivity index (χ1n) is 5.53. The highest BCUT2D eigenvalue weighted by molar-refractivity contribution is 9.10. The van der Waals surface area contributed by atoms with E-state index in [-0.39, 0.29) is 5.82 Å². The number of hydrogen-bond acceptors (Lipinski definition) is 3. The van der Waals surface area contributed by atoms with Gasteiger partial charge >= 0.3 is 0 Å². The minimum atomic E-state index is -0.318. The monoisotopic (exact) mass is 319 g/mol. The van der Waals surface area contributed by atoms with Crippen molar-refractivity contribution in [3.05, 3.63) is 51.7 Å². The molecule has 3 nitrogen and oxygen atoms in total. The van der Waals surface area contributed by atoms with Gasteiger partial charge in [0, 0.05) is 5.69 Å². The molecule has 0 radical (unpaired) electrons. The Morgan fingerprint density at radius 2 is 2.00 bits per heavy atom. The Kier molecular flexibility index (Phi) is 3.72. The van der Waals surface area contributed by atoms with Crippen molar-refractivity contribution < 1.29 is 4.39 Å². The number of nitrogen functional groups attached to an aromatic ring is 1. The minimum absolute atomic E-state index is 0.318. The molecule has 2 aromatic carbocycles. The fourth-order valence-electron chi connectivity index (χ4n) is 1.66. The summed E-state index contributed by atoms with van der Waals surface area (Å²) in [6.45, 7) is 1.79. The first-order chi connectivity index (χ1) is 9.01. The highest BCUT2D eigenvalue weighted by atomic mass is 79.9. The van der Waals surface area contributed by atoms with Crippen LogP contribution in [0.4, 0.5) is 21.5 Å². The van der Waals surface area contributed by atoms with Crippen LogP contribution >= 0.6 is 15.9 Å². The van der Waals surface area contributed by atoms with Crippen LogP contribution < -0.4 is 11.1 Å². The van der Waals surface area contributed by atoms with Crippen molar-refractivity contribution in [1.29, 1.82) is 5.26 Å². The predicted molar refractivity (Wildman–Crippen MR) is 77.7 cm³/mol. The van der Waals surface area contributed by atoms with Crippen molar-refractivity contribution in [3.63, 3.8) is 0 Å². The van der Waals surface area contributed by atoms with Gasteiger partial charge in [0.25, 0.3) is 0 Å². The number of nitrogens with one attached hydrogen (secondary N) is 1. The number of nitrogens with zero attached hydrogens (tertiary/aromatic N) is 1. The second-order valence-corrected chi connectivity index (χ2v) is 4.97. The molecule has 0 bridgehead atoms. The summed E-state index contributed by atoms with van der Waals surface area (Å²) < 4.78 is 13.7. The zero-order valence-corrected chi connectivity index (χ0v) is 11.8. The van der Waals surface area contributed by atoms with Gasteiger partial charge in [0.2, 0.25) is 0 Å². The maximum atomic E-state index is 13.4. The van der Waals surface area contributed by atoms with E-state index in [1.165, 1.54) is 6.07 Å². The lowest BCUT2D eigenvalue weighted by atomic mass is 10.1. The number of rotatable bonds is 2. The van der Waals surface area contributed by atoms with Crippen molar-refractivity contribution >= 4 is 33.0 Å². The van der Waals surface area contributed by atoms with E-state index < -0.39 is 0 Å². The van der Waals surface area contributed by atoms with E-state index >= 15 is 0 Å². The Balaban J connectivity index is 2.42. The molecule has 5 heteroatoms. The van der Waals surface area contributed by atoms with E-state index in [0.717, 1.165) is 11.3 Å². The molecule has 0 atom stereocenters. The number of anilines is 3. The summed E-state index contributed by atoms with van der Waals surface area (Å²) in [6, 6.07) is 10.1. The van der Waals surface area contributed by atoms with Crippen LogP contribution in [0.3, 0.4) is 0 Å². The van der Waals surface area contributed by atoms with Crippen LogP contribution in [0.25, 0.3) is 0 Å². The zero-order valence-electron chi connectivity index (χ0n) is 10.2. The highest BCUT2D eigenvalue weighted by Crippen LogP contribution is 2.29. The van der Waals surface area contributed by atoms with Crippen LogP contribution in [-0.2, 0) is 0 Å². The lowest BCUT2D eigenvalue weighted by molar-refractivity contribution is 0.620. The Labute approximate surface area is 119 Å². The Morgan fingerprint density at radius 3 is 2.68 bits per heavy atom. The van der Waals surface area contributed by atoms with Crippen LogP contribution in [0.1, 0.15) is 11.1 Å². The molecule has 0 aliphatic rings. The van der Waals surface area contributed by atoms with Gasteiger partial charge in [-0.3, -0.25) is 0 Å². The summed E-state index contributed by atoms with van der Waals surface area (Å²) in [6.07, 6.45) is 0. The number of aryl methyl sites for hydroxylation is 1. The topological polar surface area (TPSA) is 61.8 Å². The lowest BCUT2D eigenvalue weighted by Crippen LogP contribution is -1.99. The van der Waals surface area contributed by atoms with Crippen molar-refractivity contribution in [2.75, 3.05) is 11.1 Å². The van der Waals surface area contributed by atoms with Gasteiger partial charge < -0.3 is 11.1 Å². The van der Waals surface area contributed by atoms with E-state index in [9.17, 15) is 4.39 Å². The first-order valence-corrected chi connectivity index (χ1v) is 6.33. The van der Waals surface area contributed by atoms with Gasteiger partial charge in [0.05, 0.1) is 27.5 Å². The second kappa shape index (κ2) is 5.29. The smallest absolute Gasteiger partial charge is 0.137 e. The van der Waals surface area contributed by atoms with E-state index in [0.29, 0.717) is 21.4 Å². The third-order valence-electron chi connectivity index (χ3n) is 2.72. The number of nitrogens with two attached hydrogens (primary N) is 1. The van der Waals surface area contributed by atoms with Crippen LogP contribution in [0.15, 0.2) is 34.8 Å². The number of nitriles is 1. The van der Waals surface area contributed by atoms with Gasteiger partial charge in [0.1, 0.15) is 5.82 Å². The Hall–Kier alpha value is -2.06. The van der Waals surface area contributed by atoms with E-state index in [4.69, 9.17) is 11.0 Å². The zero-order chi connectivity index (χ0) is 14.0. The summed E-state index contributed by atoms with van der Waals surface area (Å²) in [4.78, 5) is 0. The molecule has 2 rings (SSSR count). The third kappa shape index (κ3) is 2.85. The SMILES string of the molecule is Cc1cc(F)c(Br)cc1Nc1cc(C#N)ccc1N. The second-order valence-electron chi connectivity index (χ2n) is 4.12. The molecule has 2 aromatic rings. The molecule has 19 heavy (non-hydrogen) atoms. The highest BCUT2D eigenvalue weighted by Gasteiger charge is 2.07. The molecule has 0 aliphatic heterocycles. The number of benzene rings is 2. The molecule has 0 unspecified atom stereocenters. The fraction of sp³-hybridized carbons (Fsp3) is 0.0714. The molecule has 0 aromatic heterocycles. The number of halogens is 2. The van der Waals surface area contributed by atoms with Crippen LogP contribution in [-0.4, -0.2) is 0 Å². The van der Waals surface area contributed by atoms with E-state index in [2.05, 4.69) is 27.3 Å². The van der Waals surface area contributed by atoms with Gasteiger partial charge in [-0.25, -0.2) is 4.39 Å². The van der Waals surface area contributed by atoms with Crippen molar-refractivity contribution in [1.82, 2.24) is 0 Å². The maximum Gasteiger partial charge on any atom is 0.137 e. The predicted octanol–water partition coefficient (Wildman–Crippen LogP) is 4.09. The molecule has 96 valence electrons. The van der Waals surface area contributed by atoms with E-state index in [1.807, 2.05) is 0 Å². The van der Waals surface area contributed by atoms with Crippen LogP contribution in [0.2, 0.25) is 0 Å². The normalized spacial score (nSPS) is 10.0. The van der Waals surface area contributed by atoms with Gasteiger partial charge in [-0.15, -0.1) is 0 Å². The molecular formula is C14H11BrFN3. The average molecular weight is 320 g/mol. The van der Waals surface area contributed by atoms with Crippen LogP contribution in [0, 0.1) is 24.1 Å². The van der Waals surface area contributed by atoms with Crippen molar-refractivity contribution in [2.24, 2.45) is 0 Å². The summed E-state index contributed by atoms with van der Waals surface area (Å²) in [5.74, 6) is -0.318. The quantitative estimate of drug-likeness (QED) is 0.819. The summed E-state index contributed by atoms with van der Waals surface area (Å²) in [5, 5.41) is 12.0. The van der Waals surface area contributed by atoms with Crippen molar-refractivity contribution in [3.8, 4) is 6.07 Å². The molecule has 0 fully saturated rings. The summed E-state index contributed by atoms with van der Waals surface area (Å²) in [7, 11) is 0. The fourth-order valence-corrected chi connectivity index (χ4v) is 2.00. The standard InChI is InChI=1S/C14H11BrFN3/c1-8-4-11(16)10(15)6-13(8)19-14-5-9(7-17)2-3-12(14)18/h2-6,19H,18H2,1H3. The lowest BCUT2D eigenvalue weighted by Gasteiger charge is -2.13. The molecule has 0 spiro atoms. The van der Waals surface area contributed by atoms with Crippen LogP contribution in [0.5, 0.6) is 0 Å². The molecule has 0 heterocycles. The molecule has 0 amide bonds. The van der Waals surface area contributed by atoms with Gasteiger partial charge in [-0.2, -0.15) is 5.26 Å². The molecule has 0 saturated carbocycles. The molecule has 0 saturated heterocycles. The van der Waals surface area contributed by atoms with Gasteiger partial charge in [-0.05, 0) is 58.7 Å². The minimum Gasteiger partial charge on any atom is -0.397 e.